The zero-order valence-electron chi connectivity index (χ0n) is 9.39. The zero-order chi connectivity index (χ0) is 11.1. The van der Waals surface area contributed by atoms with Gasteiger partial charge in [-0.2, -0.15) is 0 Å². The van der Waals surface area contributed by atoms with Gasteiger partial charge in [-0.25, -0.2) is 0 Å². The molecule has 0 aromatic heterocycles. The first-order valence-electron chi connectivity index (χ1n) is 5.52. The Morgan fingerprint density at radius 1 is 1.53 bits per heavy atom. The summed E-state index contributed by atoms with van der Waals surface area (Å²) < 4.78 is 0. The molecule has 2 atom stereocenters. The van der Waals surface area contributed by atoms with Crippen LogP contribution in [-0.4, -0.2) is 6.54 Å². The Bertz CT molecular complexity index is 371. The van der Waals surface area contributed by atoms with Gasteiger partial charge < -0.3 is 5.73 Å². The van der Waals surface area contributed by atoms with Gasteiger partial charge in [0.05, 0.1) is 0 Å². The maximum absolute atomic E-state index is 6.01. The molecule has 0 saturated heterocycles. The van der Waals surface area contributed by atoms with E-state index in [1.54, 1.807) is 0 Å². The summed E-state index contributed by atoms with van der Waals surface area (Å²) in [6, 6.07) is 6.30. The van der Waals surface area contributed by atoms with E-state index >= 15 is 0 Å². The molecule has 1 aromatic carbocycles. The second-order valence-corrected chi connectivity index (χ2v) is 5.34. The number of aryl methyl sites for hydroxylation is 1. The number of hydrogen-bond acceptors (Lipinski definition) is 1. The van der Waals surface area contributed by atoms with Crippen LogP contribution in [0.5, 0.6) is 0 Å². The van der Waals surface area contributed by atoms with Gasteiger partial charge in [-0.1, -0.05) is 30.7 Å². The molecule has 0 bridgehead atoms. The van der Waals surface area contributed by atoms with Gasteiger partial charge in [-0.3, -0.25) is 0 Å². The quantitative estimate of drug-likeness (QED) is 0.837. The molecule has 0 aliphatic heterocycles. The highest BCUT2D eigenvalue weighted by molar-refractivity contribution is 6.31. The molecule has 2 rings (SSSR count). The molecule has 1 saturated carbocycles. The molecular weight excluding hydrogens is 206 g/mol. The predicted molar refractivity (Wildman–Crippen MR) is 65.2 cm³/mol. The van der Waals surface area contributed by atoms with Crippen LogP contribution in [0.4, 0.5) is 0 Å². The van der Waals surface area contributed by atoms with Crippen LogP contribution in [0.25, 0.3) is 0 Å². The van der Waals surface area contributed by atoms with Crippen molar-refractivity contribution in [1.82, 2.24) is 0 Å². The maximum Gasteiger partial charge on any atom is 0.0435 e. The van der Waals surface area contributed by atoms with Gasteiger partial charge in [0.1, 0.15) is 0 Å². The summed E-state index contributed by atoms with van der Waals surface area (Å²) in [7, 11) is 0. The topological polar surface area (TPSA) is 26.0 Å². The molecule has 2 N–H and O–H groups in total. The minimum absolute atomic E-state index is 0.375. The minimum Gasteiger partial charge on any atom is -0.330 e. The zero-order valence-corrected chi connectivity index (χ0v) is 10.1. The molecule has 1 aliphatic carbocycles. The third kappa shape index (κ3) is 2.04. The Morgan fingerprint density at radius 3 is 2.67 bits per heavy atom. The Labute approximate surface area is 96.6 Å². The average Bonchev–Trinajstić information content (AvgIpc) is 2.84. The van der Waals surface area contributed by atoms with E-state index in [9.17, 15) is 0 Å². The summed E-state index contributed by atoms with van der Waals surface area (Å²) in [6.45, 7) is 5.14. The fourth-order valence-corrected chi connectivity index (χ4v) is 2.49. The number of rotatable bonds is 3. The molecule has 0 spiro atoms. The first-order valence-corrected chi connectivity index (χ1v) is 5.90. The molecule has 1 fully saturated rings. The molecule has 2 unspecified atom stereocenters. The summed E-state index contributed by atoms with van der Waals surface area (Å²) >= 11 is 6.01. The Balaban J connectivity index is 2.15. The molecule has 1 nitrogen and oxygen atoms in total. The average molecular weight is 224 g/mol. The molecule has 1 aliphatic rings. The lowest BCUT2D eigenvalue weighted by Gasteiger charge is -2.14. The lowest BCUT2D eigenvalue weighted by Crippen LogP contribution is -2.20. The molecule has 0 amide bonds. The maximum atomic E-state index is 6.01. The number of benzene rings is 1. The van der Waals surface area contributed by atoms with Gasteiger partial charge in [0, 0.05) is 5.02 Å². The Morgan fingerprint density at radius 2 is 2.20 bits per heavy atom. The molecule has 0 radical (unpaired) electrons. The highest BCUT2D eigenvalue weighted by atomic mass is 35.5. The third-order valence-corrected chi connectivity index (χ3v) is 4.21. The number of nitrogens with two attached hydrogens (primary N) is 1. The lowest BCUT2D eigenvalue weighted by atomic mass is 9.93. The summed E-state index contributed by atoms with van der Waals surface area (Å²) in [6.07, 6.45) is 2.37. The van der Waals surface area contributed by atoms with E-state index in [4.69, 9.17) is 17.3 Å². The van der Waals surface area contributed by atoms with E-state index in [0.29, 0.717) is 5.41 Å². The van der Waals surface area contributed by atoms with Gasteiger partial charge in [0.15, 0.2) is 0 Å². The Kier molecular flexibility index (Phi) is 2.78. The fraction of sp³-hybridized carbons (Fsp3) is 0.538. The van der Waals surface area contributed by atoms with E-state index in [2.05, 4.69) is 26.0 Å². The Hall–Kier alpha value is -0.530. The van der Waals surface area contributed by atoms with Crippen molar-refractivity contribution in [3.8, 4) is 0 Å². The van der Waals surface area contributed by atoms with Gasteiger partial charge in [0.25, 0.3) is 0 Å². The fourth-order valence-electron chi connectivity index (χ4n) is 2.38. The van der Waals surface area contributed by atoms with Crippen molar-refractivity contribution in [2.45, 2.75) is 26.7 Å². The second kappa shape index (κ2) is 3.80. The minimum atomic E-state index is 0.375. The van der Waals surface area contributed by atoms with Crippen LogP contribution >= 0.6 is 11.6 Å². The smallest absolute Gasteiger partial charge is 0.0435 e. The molecule has 0 heterocycles. The largest absolute Gasteiger partial charge is 0.330 e. The van der Waals surface area contributed by atoms with Gasteiger partial charge in [-0.05, 0) is 54.8 Å². The highest BCUT2D eigenvalue weighted by Crippen LogP contribution is 2.53. The SMILES string of the molecule is Cc1cc(CC2(CN)CC2C)ccc1Cl. The summed E-state index contributed by atoms with van der Waals surface area (Å²) in [5.41, 5.74) is 8.75. The predicted octanol–water partition coefficient (Wildman–Crippen LogP) is 3.18. The second-order valence-electron chi connectivity index (χ2n) is 4.93. The normalized spacial score (nSPS) is 29.2. The van der Waals surface area contributed by atoms with Crippen LogP contribution in [0.1, 0.15) is 24.5 Å². The summed E-state index contributed by atoms with van der Waals surface area (Å²) in [5, 5.41) is 0.851. The van der Waals surface area contributed by atoms with Gasteiger partial charge in [0.2, 0.25) is 0 Å². The van der Waals surface area contributed by atoms with Crippen LogP contribution < -0.4 is 5.73 Å². The van der Waals surface area contributed by atoms with Crippen molar-refractivity contribution in [3.05, 3.63) is 34.3 Å². The molecule has 1 aromatic rings. The van der Waals surface area contributed by atoms with Gasteiger partial charge >= 0.3 is 0 Å². The van der Waals surface area contributed by atoms with Crippen LogP contribution in [-0.2, 0) is 6.42 Å². The van der Waals surface area contributed by atoms with Crippen LogP contribution in [0.2, 0.25) is 5.02 Å². The van der Waals surface area contributed by atoms with Gasteiger partial charge in [-0.15, -0.1) is 0 Å². The standard InChI is InChI=1S/C13H18ClN/c1-9-5-11(3-4-12(9)14)7-13(8-15)6-10(13)2/h3-5,10H,6-8,15H2,1-2H3. The summed E-state index contributed by atoms with van der Waals surface area (Å²) in [4.78, 5) is 0. The highest BCUT2D eigenvalue weighted by Gasteiger charge is 2.49. The summed E-state index contributed by atoms with van der Waals surface area (Å²) in [5.74, 6) is 0.776. The van der Waals surface area contributed by atoms with Crippen molar-refractivity contribution in [1.29, 1.82) is 0 Å². The monoisotopic (exact) mass is 223 g/mol. The van der Waals surface area contributed by atoms with Crippen LogP contribution in [0, 0.1) is 18.3 Å². The van der Waals surface area contributed by atoms with Crippen molar-refractivity contribution < 1.29 is 0 Å². The first-order chi connectivity index (χ1) is 7.07. The van der Waals surface area contributed by atoms with Crippen LogP contribution in [0.3, 0.4) is 0 Å². The molecule has 82 valence electrons. The number of hydrogen-bond donors (Lipinski definition) is 1. The van der Waals surface area contributed by atoms with Crippen LogP contribution in [0.15, 0.2) is 18.2 Å². The van der Waals surface area contributed by atoms with E-state index in [-0.39, 0.29) is 0 Å². The van der Waals surface area contributed by atoms with Crippen molar-refractivity contribution in [3.63, 3.8) is 0 Å². The lowest BCUT2D eigenvalue weighted by molar-refractivity contribution is 0.476. The molecule has 15 heavy (non-hydrogen) atoms. The molecule has 2 heteroatoms. The first kappa shape index (κ1) is 11.0. The van der Waals surface area contributed by atoms with Crippen molar-refractivity contribution in [2.24, 2.45) is 17.1 Å². The van der Waals surface area contributed by atoms with E-state index in [0.717, 1.165) is 29.5 Å². The van der Waals surface area contributed by atoms with E-state index in [1.165, 1.54) is 12.0 Å². The van der Waals surface area contributed by atoms with E-state index in [1.807, 2.05) is 6.07 Å². The van der Waals surface area contributed by atoms with Crippen molar-refractivity contribution in [2.75, 3.05) is 6.54 Å². The molecular formula is C13H18ClN. The van der Waals surface area contributed by atoms with E-state index < -0.39 is 0 Å². The number of halogens is 1. The third-order valence-electron chi connectivity index (χ3n) is 3.78. The van der Waals surface area contributed by atoms with Crippen molar-refractivity contribution >= 4 is 11.6 Å².